The van der Waals surface area contributed by atoms with Gasteiger partial charge in [0.05, 0.1) is 29.7 Å². The van der Waals surface area contributed by atoms with Gasteiger partial charge in [0, 0.05) is 23.6 Å². The molecule has 3 aliphatic rings. The van der Waals surface area contributed by atoms with E-state index in [0.717, 1.165) is 56.3 Å². The summed E-state index contributed by atoms with van der Waals surface area (Å²) < 4.78 is 22.9. The molecule has 7 heteroatoms. The minimum absolute atomic E-state index is 0.0480. The van der Waals surface area contributed by atoms with Crippen LogP contribution in [-0.4, -0.2) is 45.2 Å². The van der Waals surface area contributed by atoms with Gasteiger partial charge in [0.1, 0.15) is 11.4 Å². The summed E-state index contributed by atoms with van der Waals surface area (Å²) in [5.41, 5.74) is 3.20. The summed E-state index contributed by atoms with van der Waals surface area (Å²) in [4.78, 5) is 27.8. The summed E-state index contributed by atoms with van der Waals surface area (Å²) in [5.74, 6) is -0.807. The van der Waals surface area contributed by atoms with Gasteiger partial charge in [-0.25, -0.2) is 13.9 Å². The molecule has 0 atom stereocenters. The van der Waals surface area contributed by atoms with Gasteiger partial charge in [-0.15, -0.1) is 0 Å². The third-order valence-electron chi connectivity index (χ3n) is 7.82. The van der Waals surface area contributed by atoms with Crippen molar-refractivity contribution in [2.75, 3.05) is 13.2 Å². The lowest BCUT2D eigenvalue weighted by Gasteiger charge is -2.36. The Labute approximate surface area is 210 Å². The molecule has 3 aromatic rings. The maximum absolute atomic E-state index is 15.9. The van der Waals surface area contributed by atoms with Crippen LogP contribution in [0.15, 0.2) is 48.7 Å². The van der Waals surface area contributed by atoms with Gasteiger partial charge in [0.25, 0.3) is 5.91 Å². The van der Waals surface area contributed by atoms with Crippen LogP contribution in [-0.2, 0) is 4.74 Å². The zero-order valence-electron chi connectivity index (χ0n) is 20.5. The molecule has 186 valence electrons. The highest BCUT2D eigenvalue weighted by Gasteiger charge is 2.51. The Bertz CT molecular complexity index is 1340. The number of carbonyl (C=O) groups excluding carboxylic acids is 2. The number of hydrogen-bond donors (Lipinski definition) is 0. The standard InChI is InChI=1S/C29H30FN3O3/c1-2-36-28(35)24-18-31-33(26(24)19-11-12-19)21-8-5-7-20(17-21)22-9-6-10-23(25(22)30)27(34)32-16-4-3-13-29(32)14-15-29/h5-10,17-19H,2-4,11-16H2,1H3. The first kappa shape index (κ1) is 23.0. The van der Waals surface area contributed by atoms with Crippen LogP contribution in [0.25, 0.3) is 16.8 Å². The van der Waals surface area contributed by atoms with Gasteiger partial charge in [-0.3, -0.25) is 4.79 Å². The number of nitrogens with zero attached hydrogens (tertiary/aromatic N) is 3. The summed E-state index contributed by atoms with van der Waals surface area (Å²) in [5, 5.41) is 4.50. The Balaban J connectivity index is 1.35. The molecule has 2 aliphatic carbocycles. The summed E-state index contributed by atoms with van der Waals surface area (Å²) in [6.07, 6.45) is 8.70. The molecule has 0 N–H and O–H groups in total. The van der Waals surface area contributed by atoms with Crippen molar-refractivity contribution in [1.29, 1.82) is 0 Å². The lowest BCUT2D eigenvalue weighted by molar-refractivity contribution is 0.0523. The van der Waals surface area contributed by atoms with E-state index in [1.807, 2.05) is 29.2 Å². The molecule has 1 aromatic heterocycles. The second-order valence-corrected chi connectivity index (χ2v) is 10.2. The van der Waals surface area contributed by atoms with E-state index in [-0.39, 0.29) is 28.9 Å². The fourth-order valence-corrected chi connectivity index (χ4v) is 5.63. The second-order valence-electron chi connectivity index (χ2n) is 10.2. The van der Waals surface area contributed by atoms with E-state index < -0.39 is 5.82 Å². The Morgan fingerprint density at radius 2 is 1.89 bits per heavy atom. The largest absolute Gasteiger partial charge is 0.462 e. The van der Waals surface area contributed by atoms with Crippen molar-refractivity contribution in [1.82, 2.24) is 14.7 Å². The number of ether oxygens (including phenoxy) is 1. The molecular formula is C29H30FN3O3. The summed E-state index contributed by atoms with van der Waals surface area (Å²) >= 11 is 0. The minimum atomic E-state index is -0.490. The lowest BCUT2D eigenvalue weighted by atomic mass is 9.97. The van der Waals surface area contributed by atoms with Gasteiger partial charge in [0.15, 0.2) is 0 Å². The molecule has 1 saturated heterocycles. The van der Waals surface area contributed by atoms with Crippen LogP contribution in [0.5, 0.6) is 0 Å². The molecule has 2 aromatic carbocycles. The van der Waals surface area contributed by atoms with Crippen molar-refractivity contribution in [2.45, 2.75) is 63.3 Å². The predicted octanol–water partition coefficient (Wildman–Crippen LogP) is 5.89. The topological polar surface area (TPSA) is 64.4 Å². The summed E-state index contributed by atoms with van der Waals surface area (Å²) in [6, 6.07) is 12.5. The number of aromatic nitrogens is 2. The first-order valence-electron chi connectivity index (χ1n) is 13.0. The van der Waals surface area contributed by atoms with Gasteiger partial charge in [-0.1, -0.05) is 24.3 Å². The van der Waals surface area contributed by atoms with E-state index in [4.69, 9.17) is 4.74 Å². The van der Waals surface area contributed by atoms with Crippen LogP contribution >= 0.6 is 0 Å². The van der Waals surface area contributed by atoms with Gasteiger partial charge in [-0.2, -0.15) is 5.10 Å². The summed E-state index contributed by atoms with van der Waals surface area (Å²) in [6.45, 7) is 2.78. The first-order chi connectivity index (χ1) is 17.5. The van der Waals surface area contributed by atoms with E-state index in [1.165, 1.54) is 0 Å². The molecule has 1 aliphatic heterocycles. The maximum Gasteiger partial charge on any atom is 0.341 e. The first-order valence-corrected chi connectivity index (χ1v) is 13.0. The van der Waals surface area contributed by atoms with E-state index in [0.29, 0.717) is 29.8 Å². The third kappa shape index (κ3) is 3.91. The molecule has 36 heavy (non-hydrogen) atoms. The van der Waals surface area contributed by atoms with E-state index in [1.54, 1.807) is 36.0 Å². The maximum atomic E-state index is 15.9. The zero-order chi connectivity index (χ0) is 24.9. The number of rotatable bonds is 6. The molecule has 2 saturated carbocycles. The van der Waals surface area contributed by atoms with Crippen molar-refractivity contribution >= 4 is 11.9 Å². The quantitative estimate of drug-likeness (QED) is 0.407. The van der Waals surface area contributed by atoms with Crippen LogP contribution in [0, 0.1) is 5.82 Å². The number of esters is 1. The Morgan fingerprint density at radius 3 is 2.64 bits per heavy atom. The molecule has 0 unspecified atom stereocenters. The highest BCUT2D eigenvalue weighted by atomic mass is 19.1. The SMILES string of the molecule is CCOC(=O)c1cnn(-c2cccc(-c3cccc(C(=O)N4CCCCC45CC5)c3F)c2)c1C1CC1. The van der Waals surface area contributed by atoms with Crippen LogP contribution < -0.4 is 0 Å². The zero-order valence-corrected chi connectivity index (χ0v) is 20.5. The van der Waals surface area contributed by atoms with Crippen LogP contribution in [0.4, 0.5) is 4.39 Å². The lowest BCUT2D eigenvalue weighted by Crippen LogP contribution is -2.45. The number of piperidine rings is 1. The molecule has 0 radical (unpaired) electrons. The average Bonchev–Trinajstić information content (AvgIpc) is 3.83. The molecule has 1 spiro atoms. The highest BCUT2D eigenvalue weighted by molar-refractivity contribution is 5.97. The van der Waals surface area contributed by atoms with E-state index in [2.05, 4.69) is 5.10 Å². The van der Waals surface area contributed by atoms with E-state index in [9.17, 15) is 9.59 Å². The smallest absolute Gasteiger partial charge is 0.341 e. The van der Waals surface area contributed by atoms with Gasteiger partial charge in [-0.05, 0) is 75.6 Å². The van der Waals surface area contributed by atoms with Crippen LogP contribution in [0.1, 0.15) is 84.2 Å². The van der Waals surface area contributed by atoms with Crippen LogP contribution in [0.2, 0.25) is 0 Å². The number of halogens is 1. The van der Waals surface area contributed by atoms with Crippen LogP contribution in [0.3, 0.4) is 0 Å². The van der Waals surface area contributed by atoms with Crippen molar-refractivity contribution in [3.8, 4) is 16.8 Å². The predicted molar refractivity (Wildman–Crippen MR) is 134 cm³/mol. The molecule has 6 nitrogen and oxygen atoms in total. The van der Waals surface area contributed by atoms with Gasteiger partial charge < -0.3 is 9.64 Å². The molecular weight excluding hydrogens is 457 g/mol. The normalized spacial score (nSPS) is 18.3. The van der Waals surface area contributed by atoms with Gasteiger partial charge >= 0.3 is 5.97 Å². The Hall–Kier alpha value is -3.48. The van der Waals surface area contributed by atoms with Crippen molar-refractivity contribution in [3.63, 3.8) is 0 Å². The monoisotopic (exact) mass is 487 g/mol. The number of amides is 1. The molecule has 1 amide bonds. The molecule has 2 heterocycles. The van der Waals surface area contributed by atoms with Crippen molar-refractivity contribution in [3.05, 3.63) is 71.3 Å². The molecule has 0 bridgehead atoms. The average molecular weight is 488 g/mol. The number of benzene rings is 2. The van der Waals surface area contributed by atoms with Gasteiger partial charge in [0.2, 0.25) is 0 Å². The highest BCUT2D eigenvalue weighted by Crippen LogP contribution is 2.49. The summed E-state index contributed by atoms with van der Waals surface area (Å²) in [7, 11) is 0. The third-order valence-corrected chi connectivity index (χ3v) is 7.82. The fourth-order valence-electron chi connectivity index (χ4n) is 5.63. The minimum Gasteiger partial charge on any atom is -0.462 e. The van der Waals surface area contributed by atoms with E-state index >= 15 is 4.39 Å². The number of hydrogen-bond acceptors (Lipinski definition) is 4. The molecule has 3 fully saturated rings. The fraction of sp³-hybridized carbons (Fsp3) is 0.414. The Morgan fingerprint density at radius 1 is 1.08 bits per heavy atom. The Kier molecular flexibility index (Phi) is 5.66. The second kappa shape index (κ2) is 8.87. The molecule has 6 rings (SSSR count). The van der Waals surface area contributed by atoms with Crippen molar-refractivity contribution in [2.24, 2.45) is 0 Å². The van der Waals surface area contributed by atoms with Crippen molar-refractivity contribution < 1.29 is 18.7 Å². The number of carbonyl (C=O) groups is 2. The number of likely N-dealkylation sites (tertiary alicyclic amines) is 1.